The van der Waals surface area contributed by atoms with Crippen LogP contribution in [0.3, 0.4) is 0 Å². The third-order valence-electron chi connectivity index (χ3n) is 3.64. The predicted octanol–water partition coefficient (Wildman–Crippen LogP) is 4.10. The van der Waals surface area contributed by atoms with Gasteiger partial charge in [0.15, 0.2) is 9.84 Å². The average Bonchev–Trinajstić information content (AvgIpc) is 2.58. The van der Waals surface area contributed by atoms with E-state index in [0.717, 1.165) is 16.9 Å². The van der Waals surface area contributed by atoms with Crippen molar-refractivity contribution in [3.8, 4) is 0 Å². The van der Waals surface area contributed by atoms with Crippen LogP contribution in [0.1, 0.15) is 24.9 Å². The maximum Gasteiger partial charge on any atom is 0.230 e. The molecule has 0 saturated carbocycles. The molecule has 0 aliphatic carbocycles. The summed E-state index contributed by atoms with van der Waals surface area (Å²) in [5, 5.41) is 3.65. The highest BCUT2D eigenvalue weighted by Crippen LogP contribution is 2.22. The Balaban J connectivity index is 1.96. The molecule has 0 radical (unpaired) electrons. The zero-order valence-corrected chi connectivity index (χ0v) is 16.4. The first-order chi connectivity index (χ1) is 11.8. The van der Waals surface area contributed by atoms with E-state index < -0.39 is 9.84 Å². The fraction of sp³-hybridized carbons (Fsp3) is 0.278. The van der Waals surface area contributed by atoms with E-state index in [1.54, 1.807) is 36.4 Å². The van der Waals surface area contributed by atoms with Gasteiger partial charge in [-0.25, -0.2) is 8.42 Å². The molecule has 134 valence electrons. The molecule has 1 unspecified atom stereocenters. The Morgan fingerprint density at radius 1 is 1.12 bits per heavy atom. The van der Waals surface area contributed by atoms with E-state index in [4.69, 9.17) is 11.6 Å². The number of amides is 1. The summed E-state index contributed by atoms with van der Waals surface area (Å²) in [7, 11) is -3.22. The summed E-state index contributed by atoms with van der Waals surface area (Å²) in [5.41, 5.74) is 0.889. The molecule has 0 saturated heterocycles. The number of benzene rings is 2. The zero-order chi connectivity index (χ0) is 18.4. The van der Waals surface area contributed by atoms with Crippen LogP contribution in [0, 0.1) is 0 Å². The summed E-state index contributed by atoms with van der Waals surface area (Å²) in [6, 6.07) is 13.8. The second kappa shape index (κ2) is 8.74. The number of halogens is 1. The molecule has 25 heavy (non-hydrogen) atoms. The number of carbonyl (C=O) groups is 1. The molecule has 0 fully saturated rings. The largest absolute Gasteiger partial charge is 0.349 e. The van der Waals surface area contributed by atoms with Crippen molar-refractivity contribution in [1.82, 2.24) is 5.32 Å². The third-order valence-corrected chi connectivity index (χ3v) is 6.03. The molecule has 4 nitrogen and oxygen atoms in total. The molecule has 0 aliphatic heterocycles. The van der Waals surface area contributed by atoms with E-state index in [2.05, 4.69) is 5.32 Å². The van der Waals surface area contributed by atoms with E-state index in [1.165, 1.54) is 18.0 Å². The standard InChI is InChI=1S/C18H20ClNO3S2/c1-3-17(13-4-10-16(11-5-13)25(2,22)23)20-18(21)12-24-15-8-6-14(19)7-9-15/h4-11,17H,3,12H2,1-2H3,(H,20,21). The van der Waals surface area contributed by atoms with Crippen LogP contribution in [-0.4, -0.2) is 26.3 Å². The fourth-order valence-electron chi connectivity index (χ4n) is 2.28. The van der Waals surface area contributed by atoms with E-state index >= 15 is 0 Å². The van der Waals surface area contributed by atoms with Gasteiger partial charge in [0, 0.05) is 16.2 Å². The Morgan fingerprint density at radius 2 is 1.72 bits per heavy atom. The van der Waals surface area contributed by atoms with Gasteiger partial charge in [-0.15, -0.1) is 11.8 Å². The smallest absolute Gasteiger partial charge is 0.230 e. The minimum atomic E-state index is -3.22. The quantitative estimate of drug-likeness (QED) is 0.714. The highest BCUT2D eigenvalue weighted by Gasteiger charge is 2.14. The van der Waals surface area contributed by atoms with Crippen LogP contribution in [-0.2, 0) is 14.6 Å². The van der Waals surface area contributed by atoms with Crippen molar-refractivity contribution in [2.75, 3.05) is 12.0 Å². The van der Waals surface area contributed by atoms with Crippen LogP contribution in [0.5, 0.6) is 0 Å². The molecule has 7 heteroatoms. The van der Waals surface area contributed by atoms with Gasteiger partial charge >= 0.3 is 0 Å². The minimum Gasteiger partial charge on any atom is -0.349 e. The lowest BCUT2D eigenvalue weighted by atomic mass is 10.0. The number of carbonyl (C=O) groups excluding carboxylic acids is 1. The SMILES string of the molecule is CCC(NC(=O)CSc1ccc(Cl)cc1)c1ccc(S(C)(=O)=O)cc1. The monoisotopic (exact) mass is 397 g/mol. The molecule has 1 amide bonds. The van der Waals surface area contributed by atoms with E-state index in [-0.39, 0.29) is 16.8 Å². The van der Waals surface area contributed by atoms with Gasteiger partial charge in [0.1, 0.15) is 0 Å². The van der Waals surface area contributed by atoms with Gasteiger partial charge in [0.2, 0.25) is 5.91 Å². The summed E-state index contributed by atoms with van der Waals surface area (Å²) < 4.78 is 23.0. The Hall–Kier alpha value is -1.50. The Morgan fingerprint density at radius 3 is 2.24 bits per heavy atom. The normalized spacial score (nSPS) is 12.6. The van der Waals surface area contributed by atoms with Crippen LogP contribution in [0.2, 0.25) is 5.02 Å². The van der Waals surface area contributed by atoms with Crippen molar-refractivity contribution in [3.63, 3.8) is 0 Å². The number of sulfone groups is 1. The summed E-state index contributed by atoms with van der Waals surface area (Å²) >= 11 is 7.28. The molecule has 0 aliphatic rings. The van der Waals surface area contributed by atoms with Crippen molar-refractivity contribution < 1.29 is 13.2 Å². The summed E-state index contributed by atoms with van der Waals surface area (Å²) in [6.45, 7) is 1.97. The first kappa shape index (κ1) is 19.8. The van der Waals surface area contributed by atoms with Gasteiger partial charge in [0.05, 0.1) is 16.7 Å². The molecule has 1 atom stereocenters. The first-order valence-corrected chi connectivity index (χ1v) is 11.0. The number of rotatable bonds is 7. The number of hydrogen-bond acceptors (Lipinski definition) is 4. The molecule has 0 heterocycles. The number of nitrogens with one attached hydrogen (secondary N) is 1. The Bertz CT molecular complexity index is 818. The van der Waals surface area contributed by atoms with Gasteiger partial charge in [-0.1, -0.05) is 30.7 Å². The summed E-state index contributed by atoms with van der Waals surface area (Å²) in [5.74, 6) is 0.235. The van der Waals surface area contributed by atoms with E-state index in [0.29, 0.717) is 10.8 Å². The Labute approximate surface area is 157 Å². The van der Waals surface area contributed by atoms with Crippen molar-refractivity contribution in [2.24, 2.45) is 0 Å². The second-order valence-corrected chi connectivity index (χ2v) is 9.11. The molecule has 2 rings (SSSR count). The molecule has 1 N–H and O–H groups in total. The van der Waals surface area contributed by atoms with Crippen LogP contribution < -0.4 is 5.32 Å². The third kappa shape index (κ3) is 6.06. The van der Waals surface area contributed by atoms with Gasteiger partial charge in [-0.05, 0) is 48.4 Å². The van der Waals surface area contributed by atoms with Gasteiger partial charge < -0.3 is 5.32 Å². The lowest BCUT2D eigenvalue weighted by Crippen LogP contribution is -2.29. The fourth-order valence-corrected chi connectivity index (χ4v) is 3.75. The molecule has 0 bridgehead atoms. The van der Waals surface area contributed by atoms with Crippen molar-refractivity contribution >= 4 is 39.1 Å². The average molecular weight is 398 g/mol. The molecule has 0 spiro atoms. The zero-order valence-electron chi connectivity index (χ0n) is 14.0. The second-order valence-electron chi connectivity index (χ2n) is 5.61. The highest BCUT2D eigenvalue weighted by atomic mass is 35.5. The van der Waals surface area contributed by atoms with Crippen LogP contribution in [0.25, 0.3) is 0 Å². The lowest BCUT2D eigenvalue weighted by Gasteiger charge is -2.17. The maximum atomic E-state index is 12.2. The molecular weight excluding hydrogens is 378 g/mol. The predicted molar refractivity (Wildman–Crippen MR) is 103 cm³/mol. The molecule has 0 aromatic heterocycles. The van der Waals surface area contributed by atoms with Gasteiger partial charge in [-0.3, -0.25) is 4.79 Å². The maximum absolute atomic E-state index is 12.2. The minimum absolute atomic E-state index is 0.0704. The van der Waals surface area contributed by atoms with E-state index in [9.17, 15) is 13.2 Å². The van der Waals surface area contributed by atoms with Gasteiger partial charge in [-0.2, -0.15) is 0 Å². The Kier molecular flexibility index (Phi) is 6.93. The highest BCUT2D eigenvalue weighted by molar-refractivity contribution is 8.00. The number of thioether (sulfide) groups is 1. The van der Waals surface area contributed by atoms with Crippen molar-refractivity contribution in [2.45, 2.75) is 29.2 Å². The number of hydrogen-bond donors (Lipinski definition) is 1. The lowest BCUT2D eigenvalue weighted by molar-refractivity contribution is -0.119. The molecule has 2 aromatic rings. The first-order valence-electron chi connectivity index (χ1n) is 7.77. The van der Waals surface area contributed by atoms with Crippen LogP contribution in [0.4, 0.5) is 0 Å². The van der Waals surface area contributed by atoms with Crippen molar-refractivity contribution in [1.29, 1.82) is 0 Å². The van der Waals surface area contributed by atoms with E-state index in [1.807, 2.05) is 19.1 Å². The van der Waals surface area contributed by atoms with Gasteiger partial charge in [0.25, 0.3) is 0 Å². The topological polar surface area (TPSA) is 63.2 Å². The molecular formula is C18H20ClNO3S2. The van der Waals surface area contributed by atoms with Crippen LogP contribution in [0.15, 0.2) is 58.3 Å². The summed E-state index contributed by atoms with van der Waals surface area (Å²) in [4.78, 5) is 13.4. The van der Waals surface area contributed by atoms with Crippen molar-refractivity contribution in [3.05, 3.63) is 59.1 Å². The molecule has 2 aromatic carbocycles. The summed E-state index contributed by atoms with van der Waals surface area (Å²) in [6.07, 6.45) is 1.89. The van der Waals surface area contributed by atoms with Crippen LogP contribution >= 0.6 is 23.4 Å².